The lowest BCUT2D eigenvalue weighted by Crippen LogP contribution is -2.29. The molecule has 0 radical (unpaired) electrons. The highest BCUT2D eigenvalue weighted by molar-refractivity contribution is 6.31. The van der Waals surface area contributed by atoms with E-state index in [1.165, 1.54) is 6.07 Å². The van der Waals surface area contributed by atoms with Crippen LogP contribution in [0.1, 0.15) is 24.4 Å². The fraction of sp³-hybridized carbons (Fsp3) is 0.400. The quantitative estimate of drug-likeness (QED) is 0.500. The molecule has 0 fully saturated rings. The van der Waals surface area contributed by atoms with E-state index in [2.05, 4.69) is 5.43 Å². The second-order valence-corrected chi connectivity index (χ2v) is 3.95. The first kappa shape index (κ1) is 14.2. The van der Waals surface area contributed by atoms with E-state index in [1.807, 2.05) is 0 Å². The lowest BCUT2D eigenvalue weighted by molar-refractivity contribution is -0.136. The monoisotopic (exact) mass is 270 g/mol. The Morgan fingerprint density at radius 2 is 2.00 bits per heavy atom. The molecule has 0 aliphatic rings. The van der Waals surface area contributed by atoms with Crippen molar-refractivity contribution in [2.24, 2.45) is 5.84 Å². The summed E-state index contributed by atoms with van der Waals surface area (Å²) in [5, 5.41) is 0.177. The molecule has 7 heteroatoms. The Morgan fingerprint density at radius 1 is 1.35 bits per heavy atom. The molecule has 0 saturated heterocycles. The van der Waals surface area contributed by atoms with Crippen LogP contribution >= 0.6 is 11.6 Å². The van der Waals surface area contributed by atoms with Crippen LogP contribution in [0.3, 0.4) is 0 Å². The number of hydrazine groups is 1. The summed E-state index contributed by atoms with van der Waals surface area (Å²) in [5.41, 5.74) is 2.43. The van der Waals surface area contributed by atoms with Gasteiger partial charge in [0, 0.05) is 17.5 Å². The second kappa shape index (κ2) is 5.66. The van der Waals surface area contributed by atoms with Gasteiger partial charge >= 0.3 is 6.18 Å². The number of nitrogens with one attached hydrogen (secondary N) is 1. The Kier molecular flexibility index (Phi) is 4.73. The van der Waals surface area contributed by atoms with Crippen molar-refractivity contribution in [3.63, 3.8) is 0 Å². The van der Waals surface area contributed by atoms with Crippen LogP contribution < -0.4 is 11.3 Å². The van der Waals surface area contributed by atoms with E-state index in [-0.39, 0.29) is 17.0 Å². The van der Waals surface area contributed by atoms with Gasteiger partial charge in [-0.2, -0.15) is 13.2 Å². The first-order chi connectivity index (χ1) is 7.83. The summed E-state index contributed by atoms with van der Waals surface area (Å²) in [6.07, 6.45) is -5.60. The van der Waals surface area contributed by atoms with Crippen molar-refractivity contribution in [3.8, 4) is 0 Å². The summed E-state index contributed by atoms with van der Waals surface area (Å²) in [7, 11) is 0. The van der Waals surface area contributed by atoms with Gasteiger partial charge in [-0.25, -0.2) is 4.39 Å². The molecular weight excluding hydrogens is 260 g/mol. The van der Waals surface area contributed by atoms with E-state index in [0.717, 1.165) is 12.1 Å². The minimum atomic E-state index is -4.28. The van der Waals surface area contributed by atoms with Crippen molar-refractivity contribution in [1.82, 2.24) is 5.43 Å². The van der Waals surface area contributed by atoms with E-state index in [1.54, 1.807) is 0 Å². The summed E-state index contributed by atoms with van der Waals surface area (Å²) >= 11 is 5.78. The minimum absolute atomic E-state index is 0.177. The van der Waals surface area contributed by atoms with Crippen LogP contribution in [-0.4, -0.2) is 6.18 Å². The number of hydrogen-bond donors (Lipinski definition) is 2. The third-order valence-corrected chi connectivity index (χ3v) is 2.60. The number of halogens is 5. The third-order valence-electron chi connectivity index (χ3n) is 2.25. The van der Waals surface area contributed by atoms with Gasteiger partial charge in [-0.3, -0.25) is 11.3 Å². The molecule has 0 spiro atoms. The largest absolute Gasteiger partial charge is 0.389 e. The maximum Gasteiger partial charge on any atom is 0.389 e. The first-order valence-electron chi connectivity index (χ1n) is 4.81. The zero-order valence-corrected chi connectivity index (χ0v) is 9.45. The highest BCUT2D eigenvalue weighted by Crippen LogP contribution is 2.30. The molecule has 0 saturated carbocycles. The van der Waals surface area contributed by atoms with Gasteiger partial charge in [0.2, 0.25) is 0 Å². The highest BCUT2D eigenvalue weighted by atomic mass is 35.5. The lowest BCUT2D eigenvalue weighted by atomic mass is 10.0. The van der Waals surface area contributed by atoms with E-state index >= 15 is 0 Å². The Labute approximate surface area is 101 Å². The van der Waals surface area contributed by atoms with Gasteiger partial charge in [-0.05, 0) is 30.2 Å². The summed E-state index contributed by atoms with van der Waals surface area (Å²) in [6, 6.07) is 2.65. The maximum atomic E-state index is 13.0. The lowest BCUT2D eigenvalue weighted by Gasteiger charge is -2.18. The maximum absolute atomic E-state index is 13.0. The molecule has 2 nitrogen and oxygen atoms in total. The first-order valence-corrected chi connectivity index (χ1v) is 5.19. The summed E-state index contributed by atoms with van der Waals surface area (Å²) < 4.78 is 49.2. The van der Waals surface area contributed by atoms with E-state index in [4.69, 9.17) is 17.4 Å². The van der Waals surface area contributed by atoms with Crippen LogP contribution in [0.5, 0.6) is 0 Å². The number of hydrogen-bond acceptors (Lipinski definition) is 2. The topological polar surface area (TPSA) is 38.0 Å². The van der Waals surface area contributed by atoms with Gasteiger partial charge in [-0.1, -0.05) is 11.6 Å². The van der Waals surface area contributed by atoms with Gasteiger partial charge in [-0.15, -0.1) is 0 Å². The van der Waals surface area contributed by atoms with Crippen LogP contribution in [0.2, 0.25) is 5.02 Å². The standard InChI is InChI=1S/C10H11ClF4N2/c11-8-2-1-6(12)5-7(8)9(17-16)3-4-10(13,14)15/h1-2,5,9,17H,3-4,16H2. The van der Waals surface area contributed by atoms with Crippen molar-refractivity contribution in [1.29, 1.82) is 0 Å². The smallest absolute Gasteiger partial charge is 0.271 e. The summed E-state index contributed by atoms with van der Waals surface area (Å²) in [4.78, 5) is 0. The van der Waals surface area contributed by atoms with E-state index in [0.29, 0.717) is 0 Å². The molecule has 0 aromatic heterocycles. The van der Waals surface area contributed by atoms with Gasteiger partial charge < -0.3 is 0 Å². The Bertz CT molecular complexity index is 381. The van der Waals surface area contributed by atoms with E-state index < -0.39 is 24.5 Å². The molecule has 0 bridgehead atoms. The minimum Gasteiger partial charge on any atom is -0.271 e. The molecule has 1 aromatic carbocycles. The summed E-state index contributed by atoms with van der Waals surface area (Å²) in [5.74, 6) is 4.58. The zero-order chi connectivity index (χ0) is 13.1. The Balaban J connectivity index is 2.82. The molecule has 1 atom stereocenters. The molecule has 3 N–H and O–H groups in total. The van der Waals surface area contributed by atoms with Gasteiger partial charge in [0.05, 0.1) is 0 Å². The van der Waals surface area contributed by atoms with Crippen LogP contribution in [0.4, 0.5) is 17.6 Å². The molecule has 0 aliphatic carbocycles. The van der Waals surface area contributed by atoms with Crippen molar-refractivity contribution in [3.05, 3.63) is 34.6 Å². The van der Waals surface area contributed by atoms with Crippen LogP contribution in [0.15, 0.2) is 18.2 Å². The Morgan fingerprint density at radius 3 is 2.53 bits per heavy atom. The molecule has 96 valence electrons. The van der Waals surface area contributed by atoms with Gasteiger partial charge in [0.25, 0.3) is 0 Å². The third kappa shape index (κ3) is 4.49. The average molecular weight is 271 g/mol. The highest BCUT2D eigenvalue weighted by Gasteiger charge is 2.29. The fourth-order valence-corrected chi connectivity index (χ4v) is 1.67. The number of benzene rings is 1. The molecule has 1 aromatic rings. The van der Waals surface area contributed by atoms with Gasteiger partial charge in [0.1, 0.15) is 5.82 Å². The predicted molar refractivity (Wildman–Crippen MR) is 56.8 cm³/mol. The van der Waals surface area contributed by atoms with Crippen molar-refractivity contribution < 1.29 is 17.6 Å². The van der Waals surface area contributed by atoms with Gasteiger partial charge in [0.15, 0.2) is 0 Å². The number of rotatable bonds is 4. The Hall–Kier alpha value is -0.850. The SMILES string of the molecule is NNC(CCC(F)(F)F)c1cc(F)ccc1Cl. The van der Waals surface area contributed by atoms with Crippen LogP contribution in [0.25, 0.3) is 0 Å². The van der Waals surface area contributed by atoms with Crippen molar-refractivity contribution in [2.75, 3.05) is 0 Å². The zero-order valence-electron chi connectivity index (χ0n) is 8.69. The fourth-order valence-electron chi connectivity index (χ4n) is 1.42. The molecule has 0 amide bonds. The molecule has 17 heavy (non-hydrogen) atoms. The van der Waals surface area contributed by atoms with E-state index in [9.17, 15) is 17.6 Å². The number of alkyl halides is 3. The summed E-state index contributed by atoms with van der Waals surface area (Å²) in [6.45, 7) is 0. The second-order valence-electron chi connectivity index (χ2n) is 3.54. The number of nitrogens with two attached hydrogens (primary N) is 1. The van der Waals surface area contributed by atoms with Crippen LogP contribution in [-0.2, 0) is 0 Å². The molecule has 0 aliphatic heterocycles. The molecule has 0 heterocycles. The average Bonchev–Trinajstić information content (AvgIpc) is 2.22. The predicted octanol–water partition coefficient (Wildman–Crippen LogP) is 3.33. The molecular formula is C10H11ClF4N2. The molecule has 1 rings (SSSR count). The van der Waals surface area contributed by atoms with Crippen molar-refractivity contribution >= 4 is 11.6 Å². The van der Waals surface area contributed by atoms with Crippen LogP contribution in [0, 0.1) is 5.82 Å². The molecule has 1 unspecified atom stereocenters. The normalized spacial score (nSPS) is 13.8. The van der Waals surface area contributed by atoms with Crippen molar-refractivity contribution in [2.45, 2.75) is 25.1 Å².